The predicted molar refractivity (Wildman–Crippen MR) is 63.5 cm³/mol. The van der Waals surface area contributed by atoms with E-state index in [9.17, 15) is 5.11 Å². The fraction of sp³-hybridized carbons (Fsp3) is 0.714. The van der Waals surface area contributed by atoms with Crippen LogP contribution in [0.25, 0.3) is 0 Å². The molecule has 0 aromatic heterocycles. The summed E-state index contributed by atoms with van der Waals surface area (Å²) in [5, 5.41) is 9.22. The Labute approximate surface area is 92.9 Å². The van der Waals surface area contributed by atoms with E-state index < -0.39 is 0 Å². The van der Waals surface area contributed by atoms with E-state index in [-0.39, 0.29) is 6.61 Å². The number of hydrogen-bond acceptors (Lipinski definition) is 1. The van der Waals surface area contributed by atoms with Gasteiger partial charge in [0.05, 0.1) is 6.61 Å². The number of fused-ring (bicyclic) bond motifs is 1. The molecule has 3 unspecified atom stereocenters. The maximum Gasteiger partial charge on any atom is 0.0642 e. The van der Waals surface area contributed by atoms with Crippen molar-refractivity contribution < 1.29 is 5.11 Å². The molecular formula is C14H22O. The first-order chi connectivity index (χ1) is 7.22. The maximum absolute atomic E-state index is 9.22. The van der Waals surface area contributed by atoms with Gasteiger partial charge in [-0.3, -0.25) is 0 Å². The molecule has 0 saturated heterocycles. The van der Waals surface area contributed by atoms with Crippen LogP contribution in [0.2, 0.25) is 0 Å². The second-order valence-corrected chi connectivity index (χ2v) is 5.24. The summed E-state index contributed by atoms with van der Waals surface area (Å²) in [6.45, 7) is 6.44. The van der Waals surface area contributed by atoms with Crippen molar-refractivity contribution in [3.05, 3.63) is 23.8 Å². The highest BCUT2D eigenvalue weighted by atomic mass is 16.3. The van der Waals surface area contributed by atoms with Crippen LogP contribution in [0.1, 0.15) is 39.0 Å². The molecule has 15 heavy (non-hydrogen) atoms. The summed E-state index contributed by atoms with van der Waals surface area (Å²) in [6.07, 6.45) is 9.01. The smallest absolute Gasteiger partial charge is 0.0642 e. The highest BCUT2D eigenvalue weighted by Gasteiger charge is 2.34. The molecule has 1 N–H and O–H groups in total. The van der Waals surface area contributed by atoms with E-state index in [4.69, 9.17) is 0 Å². The van der Waals surface area contributed by atoms with Gasteiger partial charge in [-0.1, -0.05) is 24.6 Å². The van der Waals surface area contributed by atoms with Crippen LogP contribution in [-0.4, -0.2) is 11.7 Å². The van der Waals surface area contributed by atoms with Crippen molar-refractivity contribution in [1.82, 2.24) is 0 Å². The molecule has 0 aromatic rings. The molecule has 1 fully saturated rings. The van der Waals surface area contributed by atoms with Gasteiger partial charge in [0.2, 0.25) is 0 Å². The van der Waals surface area contributed by atoms with Crippen LogP contribution < -0.4 is 0 Å². The van der Waals surface area contributed by atoms with E-state index in [0.717, 1.165) is 11.5 Å². The Bertz CT molecular complexity index is 277. The second-order valence-electron chi connectivity index (χ2n) is 5.24. The predicted octanol–water partition coefficient (Wildman–Crippen LogP) is 3.31. The largest absolute Gasteiger partial charge is 0.392 e. The first-order valence-electron chi connectivity index (χ1n) is 6.18. The van der Waals surface area contributed by atoms with Crippen LogP contribution in [0.4, 0.5) is 0 Å². The minimum absolute atomic E-state index is 0.167. The highest BCUT2D eigenvalue weighted by molar-refractivity contribution is 5.16. The summed E-state index contributed by atoms with van der Waals surface area (Å²) in [5.41, 5.74) is 2.59. The van der Waals surface area contributed by atoms with Gasteiger partial charge in [0.1, 0.15) is 0 Å². The molecule has 0 aliphatic heterocycles. The topological polar surface area (TPSA) is 20.2 Å². The number of rotatable bonds is 2. The third-order valence-electron chi connectivity index (χ3n) is 4.21. The summed E-state index contributed by atoms with van der Waals surface area (Å²) in [7, 11) is 0. The lowest BCUT2D eigenvalue weighted by molar-refractivity contribution is 0.183. The van der Waals surface area contributed by atoms with Crippen LogP contribution >= 0.6 is 0 Å². The van der Waals surface area contributed by atoms with E-state index >= 15 is 0 Å². The average molecular weight is 206 g/mol. The van der Waals surface area contributed by atoms with E-state index in [1.54, 1.807) is 0 Å². The third kappa shape index (κ3) is 2.17. The van der Waals surface area contributed by atoms with Gasteiger partial charge in [-0.05, 0) is 55.9 Å². The minimum atomic E-state index is 0.167. The molecule has 0 radical (unpaired) electrons. The molecule has 1 saturated carbocycles. The van der Waals surface area contributed by atoms with Gasteiger partial charge in [-0.25, -0.2) is 0 Å². The zero-order valence-corrected chi connectivity index (χ0v) is 9.71. The van der Waals surface area contributed by atoms with Gasteiger partial charge in [0.25, 0.3) is 0 Å². The molecule has 2 aliphatic carbocycles. The zero-order valence-electron chi connectivity index (χ0n) is 9.71. The third-order valence-corrected chi connectivity index (χ3v) is 4.21. The first-order valence-corrected chi connectivity index (χ1v) is 6.18. The summed E-state index contributed by atoms with van der Waals surface area (Å²) in [5.74, 6) is 2.08. The van der Waals surface area contributed by atoms with Crippen molar-refractivity contribution in [2.45, 2.75) is 39.0 Å². The van der Waals surface area contributed by atoms with E-state index in [1.165, 1.54) is 37.7 Å². The lowest BCUT2D eigenvalue weighted by atomic mass is 9.65. The van der Waals surface area contributed by atoms with E-state index in [0.29, 0.717) is 11.8 Å². The van der Waals surface area contributed by atoms with E-state index in [1.807, 2.05) is 0 Å². The van der Waals surface area contributed by atoms with Gasteiger partial charge in [0, 0.05) is 0 Å². The van der Waals surface area contributed by atoms with Gasteiger partial charge < -0.3 is 5.11 Å². The average Bonchev–Trinajstić information content (AvgIpc) is 2.27. The van der Waals surface area contributed by atoms with Crippen LogP contribution in [0, 0.1) is 17.8 Å². The molecule has 0 spiro atoms. The maximum atomic E-state index is 9.22. The number of aliphatic hydroxyl groups is 1. The fourth-order valence-electron chi connectivity index (χ4n) is 3.32. The van der Waals surface area contributed by atoms with E-state index in [2.05, 4.69) is 19.6 Å². The van der Waals surface area contributed by atoms with Crippen LogP contribution in [0.5, 0.6) is 0 Å². The van der Waals surface area contributed by atoms with Crippen molar-refractivity contribution >= 4 is 0 Å². The summed E-state index contributed by atoms with van der Waals surface area (Å²) < 4.78 is 0. The molecule has 0 amide bonds. The molecule has 0 aromatic carbocycles. The second kappa shape index (κ2) is 4.52. The van der Waals surface area contributed by atoms with Gasteiger partial charge in [-0.15, -0.1) is 0 Å². The Morgan fingerprint density at radius 3 is 3.00 bits per heavy atom. The number of hydrogen-bond donors (Lipinski definition) is 1. The lowest BCUT2D eigenvalue weighted by Gasteiger charge is -2.40. The standard InChI is InChI=1S/C14H22O/c1-10-6-7-12-4-3-5-13(11(2)9-15)14(12)8-10/h8,12-15H,2-7,9H2,1H3. The summed E-state index contributed by atoms with van der Waals surface area (Å²) >= 11 is 0. The molecule has 2 aliphatic rings. The van der Waals surface area contributed by atoms with Crippen molar-refractivity contribution in [3.8, 4) is 0 Å². The molecular weight excluding hydrogens is 184 g/mol. The molecule has 2 rings (SSSR count). The van der Waals surface area contributed by atoms with Crippen LogP contribution in [0.15, 0.2) is 23.8 Å². The van der Waals surface area contributed by atoms with Crippen molar-refractivity contribution in [3.63, 3.8) is 0 Å². The molecule has 84 valence electrons. The normalized spacial score (nSPS) is 35.6. The Hall–Kier alpha value is -0.560. The molecule has 3 atom stereocenters. The Morgan fingerprint density at radius 2 is 2.27 bits per heavy atom. The molecule has 0 bridgehead atoms. The van der Waals surface area contributed by atoms with Gasteiger partial charge >= 0.3 is 0 Å². The quantitative estimate of drug-likeness (QED) is 0.687. The highest BCUT2D eigenvalue weighted by Crippen LogP contribution is 2.44. The summed E-state index contributed by atoms with van der Waals surface area (Å²) in [4.78, 5) is 0. The molecule has 1 nitrogen and oxygen atoms in total. The van der Waals surface area contributed by atoms with Gasteiger partial charge in [0.15, 0.2) is 0 Å². The van der Waals surface area contributed by atoms with Gasteiger partial charge in [-0.2, -0.15) is 0 Å². The SMILES string of the molecule is C=C(CO)C1CCCC2CCC(C)=CC21. The zero-order chi connectivity index (χ0) is 10.8. The molecule has 0 heterocycles. The molecule has 1 heteroatoms. The number of aliphatic hydroxyl groups excluding tert-OH is 1. The Balaban J connectivity index is 2.17. The van der Waals surface area contributed by atoms with Crippen molar-refractivity contribution in [2.75, 3.05) is 6.61 Å². The van der Waals surface area contributed by atoms with Crippen molar-refractivity contribution in [2.24, 2.45) is 17.8 Å². The van der Waals surface area contributed by atoms with Crippen molar-refractivity contribution in [1.29, 1.82) is 0 Å². The lowest BCUT2D eigenvalue weighted by Crippen LogP contribution is -2.31. The fourth-order valence-corrected chi connectivity index (χ4v) is 3.32. The first kappa shape index (κ1) is 10.9. The minimum Gasteiger partial charge on any atom is -0.392 e. The monoisotopic (exact) mass is 206 g/mol. The Kier molecular flexibility index (Phi) is 3.30. The van der Waals surface area contributed by atoms with Crippen LogP contribution in [-0.2, 0) is 0 Å². The summed E-state index contributed by atoms with van der Waals surface area (Å²) in [6, 6.07) is 0. The van der Waals surface area contributed by atoms with Crippen LogP contribution in [0.3, 0.4) is 0 Å². The Morgan fingerprint density at radius 1 is 1.47 bits per heavy atom. The number of allylic oxidation sites excluding steroid dienone is 2.